The molecule has 0 bridgehead atoms. The molecule has 0 aliphatic carbocycles. The fraction of sp³-hybridized carbons (Fsp3) is 0.304. The molecule has 1 amide bonds. The number of nitrogens with zero attached hydrogens (tertiary/aromatic N) is 1. The van der Waals surface area contributed by atoms with Gasteiger partial charge in [0.1, 0.15) is 11.4 Å². The van der Waals surface area contributed by atoms with E-state index in [-0.39, 0.29) is 29.2 Å². The zero-order valence-corrected chi connectivity index (χ0v) is 17.8. The Labute approximate surface area is 179 Å². The molecule has 0 N–H and O–H groups in total. The molecule has 0 radical (unpaired) electrons. The van der Waals surface area contributed by atoms with E-state index in [0.717, 1.165) is 18.1 Å². The van der Waals surface area contributed by atoms with Gasteiger partial charge in [-0.3, -0.25) is 9.59 Å². The lowest BCUT2D eigenvalue weighted by molar-refractivity contribution is 0.0648. The van der Waals surface area contributed by atoms with Crippen LogP contribution in [0.3, 0.4) is 0 Å². The number of benzene rings is 2. The number of fused-ring (bicyclic) bond motifs is 1. The molecular formula is C23H22FNO5S. The van der Waals surface area contributed by atoms with E-state index >= 15 is 0 Å². The molecular weight excluding hydrogens is 421 g/mol. The van der Waals surface area contributed by atoms with Crippen LogP contribution in [0.1, 0.15) is 35.0 Å². The third-order valence-corrected chi connectivity index (χ3v) is 7.34. The van der Waals surface area contributed by atoms with Crippen molar-refractivity contribution in [3.63, 3.8) is 0 Å². The van der Waals surface area contributed by atoms with Crippen molar-refractivity contribution in [2.75, 3.05) is 11.5 Å². The van der Waals surface area contributed by atoms with Crippen LogP contribution >= 0.6 is 0 Å². The summed E-state index contributed by atoms with van der Waals surface area (Å²) in [4.78, 5) is 27.4. The third-order valence-electron chi connectivity index (χ3n) is 5.59. The van der Waals surface area contributed by atoms with E-state index in [1.165, 1.54) is 17.0 Å². The van der Waals surface area contributed by atoms with Gasteiger partial charge in [0, 0.05) is 18.7 Å². The number of hydrogen-bond acceptors (Lipinski definition) is 5. The summed E-state index contributed by atoms with van der Waals surface area (Å²) >= 11 is 0. The Morgan fingerprint density at radius 3 is 2.48 bits per heavy atom. The van der Waals surface area contributed by atoms with Crippen LogP contribution in [-0.2, 0) is 22.8 Å². The fourth-order valence-corrected chi connectivity index (χ4v) is 5.58. The maximum Gasteiger partial charge on any atom is 0.290 e. The van der Waals surface area contributed by atoms with E-state index in [4.69, 9.17) is 4.42 Å². The van der Waals surface area contributed by atoms with E-state index in [9.17, 15) is 22.4 Å². The monoisotopic (exact) mass is 443 g/mol. The lowest BCUT2D eigenvalue weighted by Gasteiger charge is -2.28. The summed E-state index contributed by atoms with van der Waals surface area (Å²) in [5, 5.41) is 0.393. The van der Waals surface area contributed by atoms with Crippen molar-refractivity contribution in [1.82, 2.24) is 4.90 Å². The second-order valence-corrected chi connectivity index (χ2v) is 10.0. The van der Waals surface area contributed by atoms with Crippen LogP contribution in [0.15, 0.2) is 57.7 Å². The lowest BCUT2D eigenvalue weighted by atomic mass is 10.1. The maximum absolute atomic E-state index is 13.4. The SMILES string of the molecule is CCc1ccc2oc(C(=O)N(Cc3ccc(F)cc3)[C@H]3CCS(=O)(=O)C3)cc(=O)c2c1. The maximum atomic E-state index is 13.4. The van der Waals surface area contributed by atoms with Gasteiger partial charge < -0.3 is 9.32 Å². The fourth-order valence-electron chi connectivity index (χ4n) is 3.84. The first kappa shape index (κ1) is 21.2. The van der Waals surface area contributed by atoms with Crippen LogP contribution in [-0.4, -0.2) is 36.8 Å². The molecule has 1 aromatic heterocycles. The Balaban J connectivity index is 1.72. The molecule has 1 atom stereocenters. The second-order valence-electron chi connectivity index (χ2n) is 7.78. The van der Waals surface area contributed by atoms with Crippen LogP contribution in [0.4, 0.5) is 4.39 Å². The highest BCUT2D eigenvalue weighted by Crippen LogP contribution is 2.24. The molecule has 6 nitrogen and oxygen atoms in total. The summed E-state index contributed by atoms with van der Waals surface area (Å²) in [6.45, 7) is 2.06. The Bertz CT molecular complexity index is 1300. The normalized spacial score (nSPS) is 17.7. The minimum atomic E-state index is -3.25. The largest absolute Gasteiger partial charge is 0.451 e. The third kappa shape index (κ3) is 4.54. The Kier molecular flexibility index (Phi) is 5.66. The number of carbonyl (C=O) groups is 1. The van der Waals surface area contributed by atoms with Crippen LogP contribution in [0.2, 0.25) is 0 Å². The minimum Gasteiger partial charge on any atom is -0.451 e. The highest BCUT2D eigenvalue weighted by Gasteiger charge is 2.36. The van der Waals surface area contributed by atoms with Gasteiger partial charge in [-0.1, -0.05) is 25.1 Å². The molecule has 0 unspecified atom stereocenters. The van der Waals surface area contributed by atoms with Crippen molar-refractivity contribution >= 4 is 26.7 Å². The van der Waals surface area contributed by atoms with Gasteiger partial charge in [-0.25, -0.2) is 12.8 Å². The number of amides is 1. The van der Waals surface area contributed by atoms with Crippen molar-refractivity contribution in [2.45, 2.75) is 32.4 Å². The van der Waals surface area contributed by atoms with Gasteiger partial charge >= 0.3 is 0 Å². The van der Waals surface area contributed by atoms with Crippen LogP contribution < -0.4 is 5.43 Å². The molecule has 0 spiro atoms. The van der Waals surface area contributed by atoms with E-state index in [1.807, 2.05) is 13.0 Å². The first-order valence-electron chi connectivity index (χ1n) is 10.1. The molecule has 2 heterocycles. The van der Waals surface area contributed by atoms with Crippen molar-refractivity contribution in [1.29, 1.82) is 0 Å². The molecule has 8 heteroatoms. The summed E-state index contributed by atoms with van der Waals surface area (Å²) in [6, 6.07) is 11.5. The molecule has 0 saturated carbocycles. The zero-order chi connectivity index (χ0) is 22.2. The average Bonchev–Trinajstić information content (AvgIpc) is 3.12. The topological polar surface area (TPSA) is 84.7 Å². The van der Waals surface area contributed by atoms with Gasteiger partial charge in [0.15, 0.2) is 21.0 Å². The van der Waals surface area contributed by atoms with E-state index in [2.05, 4.69) is 0 Å². The summed E-state index contributed by atoms with van der Waals surface area (Å²) in [6.07, 6.45) is 1.06. The molecule has 2 aromatic carbocycles. The van der Waals surface area contributed by atoms with Crippen molar-refractivity contribution in [3.8, 4) is 0 Å². The molecule has 4 rings (SSSR count). The summed E-state index contributed by atoms with van der Waals surface area (Å²) < 4.78 is 43.1. The van der Waals surface area contributed by atoms with Crippen molar-refractivity contribution in [2.24, 2.45) is 0 Å². The van der Waals surface area contributed by atoms with Gasteiger partial charge in [-0.2, -0.15) is 0 Å². The number of aryl methyl sites for hydroxylation is 1. The molecule has 1 aliphatic heterocycles. The summed E-state index contributed by atoms with van der Waals surface area (Å²) in [5.41, 5.74) is 1.59. The highest BCUT2D eigenvalue weighted by atomic mass is 32.2. The second kappa shape index (κ2) is 8.26. The van der Waals surface area contributed by atoms with Gasteiger partial charge in [0.05, 0.1) is 16.9 Å². The summed E-state index contributed by atoms with van der Waals surface area (Å²) in [7, 11) is -3.25. The average molecular weight is 443 g/mol. The number of sulfone groups is 1. The molecule has 162 valence electrons. The highest BCUT2D eigenvalue weighted by molar-refractivity contribution is 7.91. The number of rotatable bonds is 5. The smallest absolute Gasteiger partial charge is 0.290 e. The molecule has 1 aliphatic rings. The van der Waals surface area contributed by atoms with E-state index < -0.39 is 27.6 Å². The van der Waals surface area contributed by atoms with E-state index in [0.29, 0.717) is 23.0 Å². The molecule has 1 fully saturated rings. The number of carbonyl (C=O) groups excluding carboxylic acids is 1. The van der Waals surface area contributed by atoms with Gasteiger partial charge in [-0.05, 0) is 48.2 Å². The van der Waals surface area contributed by atoms with Crippen LogP contribution in [0, 0.1) is 5.82 Å². The van der Waals surface area contributed by atoms with Crippen molar-refractivity contribution < 1.29 is 22.0 Å². The summed E-state index contributed by atoms with van der Waals surface area (Å²) in [5.74, 6) is -1.28. The van der Waals surface area contributed by atoms with Crippen LogP contribution in [0.5, 0.6) is 0 Å². The number of halogens is 1. The van der Waals surface area contributed by atoms with Crippen molar-refractivity contribution in [3.05, 3.63) is 81.5 Å². The zero-order valence-electron chi connectivity index (χ0n) is 17.0. The Morgan fingerprint density at radius 1 is 1.13 bits per heavy atom. The van der Waals surface area contributed by atoms with Gasteiger partial charge in [0.2, 0.25) is 0 Å². The Hall–Kier alpha value is -3.00. The molecule has 31 heavy (non-hydrogen) atoms. The predicted molar refractivity (Wildman–Crippen MR) is 115 cm³/mol. The lowest BCUT2D eigenvalue weighted by Crippen LogP contribution is -2.40. The quantitative estimate of drug-likeness (QED) is 0.604. The standard InChI is InChI=1S/C23H22FNO5S/c1-2-15-5-8-21-19(11-15)20(26)12-22(30-21)23(27)25(18-9-10-31(28,29)14-18)13-16-3-6-17(24)7-4-16/h3-8,11-12,18H,2,9-10,13-14H2,1H3/t18-/m0/s1. The molecule has 3 aromatic rings. The number of hydrogen-bond donors (Lipinski definition) is 0. The Morgan fingerprint density at radius 2 is 1.84 bits per heavy atom. The first-order chi connectivity index (χ1) is 14.8. The van der Waals surface area contributed by atoms with Gasteiger partial charge in [0.25, 0.3) is 5.91 Å². The molecule has 1 saturated heterocycles. The van der Waals surface area contributed by atoms with Crippen LogP contribution in [0.25, 0.3) is 11.0 Å². The first-order valence-corrected chi connectivity index (χ1v) is 11.9. The van der Waals surface area contributed by atoms with Gasteiger partial charge in [-0.15, -0.1) is 0 Å². The minimum absolute atomic E-state index is 0.00761. The predicted octanol–water partition coefficient (Wildman–Crippen LogP) is 3.32. The van der Waals surface area contributed by atoms with E-state index in [1.54, 1.807) is 24.3 Å².